The van der Waals surface area contributed by atoms with Crippen molar-refractivity contribution in [3.8, 4) is 5.75 Å². The molecular formula is C17H22N2O5. The Morgan fingerprint density at radius 2 is 2.08 bits per heavy atom. The number of fused-ring (bicyclic) bond motifs is 1. The first-order valence-corrected chi connectivity index (χ1v) is 8.13. The monoisotopic (exact) mass is 334 g/mol. The van der Waals surface area contributed by atoms with Crippen molar-refractivity contribution in [2.45, 2.75) is 63.7 Å². The van der Waals surface area contributed by atoms with E-state index >= 15 is 0 Å². The van der Waals surface area contributed by atoms with Crippen molar-refractivity contribution in [1.82, 2.24) is 10.3 Å². The van der Waals surface area contributed by atoms with Gasteiger partial charge in [-0.25, -0.2) is 4.79 Å². The van der Waals surface area contributed by atoms with Crippen LogP contribution in [-0.4, -0.2) is 34.0 Å². The quantitative estimate of drug-likeness (QED) is 0.882. The van der Waals surface area contributed by atoms with Crippen LogP contribution < -0.4 is 10.1 Å². The summed E-state index contributed by atoms with van der Waals surface area (Å²) in [6.07, 6.45) is 3.40. The summed E-state index contributed by atoms with van der Waals surface area (Å²) in [4.78, 5) is 27.9. The third-order valence-corrected chi connectivity index (χ3v) is 4.26. The highest BCUT2D eigenvalue weighted by Gasteiger charge is 2.43. The normalized spacial score (nSPS) is 23.0. The molecule has 0 saturated heterocycles. The summed E-state index contributed by atoms with van der Waals surface area (Å²) in [6, 6.07) is 1.85. The van der Waals surface area contributed by atoms with Gasteiger partial charge in [0.15, 0.2) is 12.1 Å². The molecule has 2 aliphatic rings. The van der Waals surface area contributed by atoms with Gasteiger partial charge in [-0.1, -0.05) is 6.42 Å². The second-order valence-electron chi connectivity index (χ2n) is 7.28. The fraction of sp³-hybridized carbons (Fsp3) is 0.588. The average molecular weight is 334 g/mol. The molecule has 1 saturated carbocycles. The van der Waals surface area contributed by atoms with E-state index in [-0.39, 0.29) is 0 Å². The van der Waals surface area contributed by atoms with Gasteiger partial charge in [0.25, 0.3) is 0 Å². The van der Waals surface area contributed by atoms with Crippen LogP contribution in [0.25, 0.3) is 0 Å². The maximum atomic E-state index is 11.9. The lowest BCUT2D eigenvalue weighted by atomic mass is 9.80. The molecule has 0 bridgehead atoms. The summed E-state index contributed by atoms with van der Waals surface area (Å²) in [6.45, 7) is 5.20. The number of nitrogens with one attached hydrogen (secondary N) is 1. The highest BCUT2D eigenvalue weighted by atomic mass is 16.6. The topological polar surface area (TPSA) is 97.8 Å². The number of carbonyl (C=O) groups is 2. The van der Waals surface area contributed by atoms with Crippen LogP contribution in [0, 0.1) is 0 Å². The molecule has 0 spiro atoms. The molecule has 7 heteroatoms. The molecule has 1 fully saturated rings. The third kappa shape index (κ3) is 3.29. The molecule has 1 aromatic heterocycles. The lowest BCUT2D eigenvalue weighted by Crippen LogP contribution is -2.45. The van der Waals surface area contributed by atoms with Crippen LogP contribution in [0.15, 0.2) is 12.3 Å². The van der Waals surface area contributed by atoms with Gasteiger partial charge in [-0.15, -0.1) is 0 Å². The highest BCUT2D eigenvalue weighted by molar-refractivity contribution is 5.80. The highest BCUT2D eigenvalue weighted by Crippen LogP contribution is 2.41. The Bertz CT molecular complexity index is 663. The van der Waals surface area contributed by atoms with Gasteiger partial charge in [-0.2, -0.15) is 0 Å². The second kappa shape index (κ2) is 5.96. The number of amides is 1. The Kier molecular flexibility index (Phi) is 4.11. The lowest BCUT2D eigenvalue weighted by Gasteiger charge is -2.25. The van der Waals surface area contributed by atoms with Gasteiger partial charge < -0.3 is 14.6 Å². The Hall–Kier alpha value is -2.31. The number of ether oxygens (including phenoxy) is 2. The van der Waals surface area contributed by atoms with Crippen LogP contribution in [0.3, 0.4) is 0 Å². The molecule has 7 nitrogen and oxygen atoms in total. The van der Waals surface area contributed by atoms with Crippen molar-refractivity contribution < 1.29 is 24.2 Å². The van der Waals surface area contributed by atoms with Crippen molar-refractivity contribution in [2.24, 2.45) is 0 Å². The molecule has 1 aliphatic carbocycles. The molecule has 2 heterocycles. The fourth-order valence-electron chi connectivity index (χ4n) is 2.89. The average Bonchev–Trinajstić information content (AvgIpc) is 2.71. The minimum absolute atomic E-state index is 0.339. The molecular weight excluding hydrogens is 312 g/mol. The molecule has 0 radical (unpaired) electrons. The SMILES string of the molecule is CC(C)(C)OC(=O)NC1Oc2cc(C3CCC3)cnc2C1C(=O)O. The molecule has 1 amide bonds. The van der Waals surface area contributed by atoms with Gasteiger partial charge in [0.1, 0.15) is 17.0 Å². The largest absolute Gasteiger partial charge is 0.481 e. The Morgan fingerprint density at radius 3 is 2.62 bits per heavy atom. The van der Waals surface area contributed by atoms with Crippen LogP contribution in [0.1, 0.15) is 63.1 Å². The van der Waals surface area contributed by atoms with Crippen molar-refractivity contribution in [1.29, 1.82) is 0 Å². The summed E-state index contributed by atoms with van der Waals surface area (Å²) in [5.74, 6) is -1.26. The number of hydrogen-bond donors (Lipinski definition) is 2. The zero-order valence-electron chi connectivity index (χ0n) is 14.0. The smallest absolute Gasteiger partial charge is 0.410 e. The summed E-state index contributed by atoms with van der Waals surface area (Å²) >= 11 is 0. The van der Waals surface area contributed by atoms with E-state index in [9.17, 15) is 14.7 Å². The summed E-state index contributed by atoms with van der Waals surface area (Å²) in [5, 5.41) is 12.0. The first kappa shape index (κ1) is 16.5. The molecule has 130 valence electrons. The van der Waals surface area contributed by atoms with Crippen molar-refractivity contribution >= 4 is 12.1 Å². The maximum Gasteiger partial charge on any atom is 0.410 e. The predicted molar refractivity (Wildman–Crippen MR) is 85.0 cm³/mol. The Morgan fingerprint density at radius 1 is 1.38 bits per heavy atom. The van der Waals surface area contributed by atoms with Crippen LogP contribution in [0.5, 0.6) is 5.75 Å². The third-order valence-electron chi connectivity index (χ3n) is 4.26. The number of carboxylic acids is 1. The van der Waals surface area contributed by atoms with Crippen LogP contribution in [0.4, 0.5) is 4.79 Å². The van der Waals surface area contributed by atoms with Gasteiger partial charge >= 0.3 is 12.1 Å². The van der Waals surface area contributed by atoms with E-state index in [0.717, 1.165) is 18.4 Å². The van der Waals surface area contributed by atoms with Gasteiger partial charge in [-0.3, -0.25) is 15.1 Å². The van der Waals surface area contributed by atoms with Gasteiger partial charge in [-0.05, 0) is 51.2 Å². The lowest BCUT2D eigenvalue weighted by molar-refractivity contribution is -0.140. The summed E-state index contributed by atoms with van der Waals surface area (Å²) < 4.78 is 10.8. The number of nitrogens with zero attached hydrogens (tertiary/aromatic N) is 1. The zero-order chi connectivity index (χ0) is 17.5. The molecule has 1 aliphatic heterocycles. The predicted octanol–water partition coefficient (Wildman–Crippen LogP) is 2.76. The molecule has 0 aromatic carbocycles. The van der Waals surface area contributed by atoms with E-state index < -0.39 is 29.8 Å². The van der Waals surface area contributed by atoms with Gasteiger partial charge in [0, 0.05) is 6.20 Å². The Labute approximate surface area is 140 Å². The van der Waals surface area contributed by atoms with E-state index in [1.165, 1.54) is 6.42 Å². The fourth-order valence-corrected chi connectivity index (χ4v) is 2.89. The zero-order valence-corrected chi connectivity index (χ0v) is 14.0. The van der Waals surface area contributed by atoms with E-state index in [0.29, 0.717) is 17.4 Å². The van der Waals surface area contributed by atoms with E-state index in [2.05, 4.69) is 10.3 Å². The molecule has 2 atom stereocenters. The summed E-state index contributed by atoms with van der Waals surface area (Å²) in [7, 11) is 0. The first-order valence-electron chi connectivity index (χ1n) is 8.13. The van der Waals surface area contributed by atoms with E-state index in [1.807, 2.05) is 6.07 Å². The van der Waals surface area contributed by atoms with Crippen LogP contribution in [0.2, 0.25) is 0 Å². The molecule has 3 rings (SSSR count). The minimum Gasteiger partial charge on any atom is -0.481 e. The number of rotatable bonds is 3. The van der Waals surface area contributed by atoms with Gasteiger partial charge in [0.05, 0.1) is 0 Å². The minimum atomic E-state index is -1.10. The molecule has 1 aromatic rings. The number of aliphatic carboxylic acids is 1. The van der Waals surface area contributed by atoms with Gasteiger partial charge in [0.2, 0.25) is 0 Å². The number of hydrogen-bond acceptors (Lipinski definition) is 5. The van der Waals surface area contributed by atoms with Crippen molar-refractivity contribution in [3.63, 3.8) is 0 Å². The van der Waals surface area contributed by atoms with Crippen molar-refractivity contribution in [2.75, 3.05) is 0 Å². The Balaban J connectivity index is 1.78. The van der Waals surface area contributed by atoms with Crippen molar-refractivity contribution in [3.05, 3.63) is 23.5 Å². The molecule has 2 unspecified atom stereocenters. The number of alkyl carbamates (subject to hydrolysis) is 1. The standard InChI is InChI=1S/C17H22N2O5/c1-17(2,3)24-16(22)19-14-12(15(20)21)13-11(23-14)7-10(8-18-13)9-5-4-6-9/h7-9,12,14H,4-6H2,1-3H3,(H,19,22)(H,20,21). The summed E-state index contributed by atoms with van der Waals surface area (Å²) in [5.41, 5.74) is 0.720. The maximum absolute atomic E-state index is 11.9. The number of aromatic nitrogens is 1. The molecule has 24 heavy (non-hydrogen) atoms. The number of pyridine rings is 1. The second-order valence-corrected chi connectivity index (χ2v) is 7.28. The van der Waals surface area contributed by atoms with E-state index in [1.54, 1.807) is 27.0 Å². The first-order chi connectivity index (χ1) is 11.2. The number of carbonyl (C=O) groups excluding carboxylic acids is 1. The molecule has 2 N–H and O–H groups in total. The number of carboxylic acid groups (broad SMARTS) is 1. The van der Waals surface area contributed by atoms with Crippen LogP contribution >= 0.6 is 0 Å². The van der Waals surface area contributed by atoms with E-state index in [4.69, 9.17) is 9.47 Å². The van der Waals surface area contributed by atoms with Crippen LogP contribution in [-0.2, 0) is 9.53 Å².